The molecule has 23 heavy (non-hydrogen) atoms. The summed E-state index contributed by atoms with van der Waals surface area (Å²) < 4.78 is 15.0. The van der Waals surface area contributed by atoms with Gasteiger partial charge in [-0.2, -0.15) is 0 Å². The summed E-state index contributed by atoms with van der Waals surface area (Å²) in [5, 5.41) is 8.90. The SMILES string of the molecule is O=C(O)CCn1cnc(-c2ccncc2)c1-c1ccc(F)cc1. The van der Waals surface area contributed by atoms with Crippen molar-refractivity contribution >= 4 is 5.97 Å². The lowest BCUT2D eigenvalue weighted by molar-refractivity contribution is -0.137. The minimum atomic E-state index is -0.880. The van der Waals surface area contributed by atoms with Crippen LogP contribution in [0.25, 0.3) is 22.5 Å². The Morgan fingerprint density at radius 2 is 1.78 bits per heavy atom. The molecule has 0 aliphatic rings. The highest BCUT2D eigenvalue weighted by Gasteiger charge is 2.15. The molecule has 0 saturated heterocycles. The van der Waals surface area contributed by atoms with Crippen molar-refractivity contribution in [3.05, 3.63) is 60.9 Å². The molecule has 0 aliphatic carbocycles. The van der Waals surface area contributed by atoms with Crippen LogP contribution in [0.4, 0.5) is 4.39 Å². The largest absolute Gasteiger partial charge is 0.481 e. The molecule has 116 valence electrons. The van der Waals surface area contributed by atoms with Crippen LogP contribution in [0.1, 0.15) is 6.42 Å². The molecule has 0 atom stereocenters. The fraction of sp³-hybridized carbons (Fsp3) is 0.118. The number of aliphatic carboxylic acids is 1. The number of hydrogen-bond donors (Lipinski definition) is 1. The van der Waals surface area contributed by atoms with Gasteiger partial charge >= 0.3 is 5.97 Å². The van der Waals surface area contributed by atoms with Crippen molar-refractivity contribution in [3.8, 4) is 22.5 Å². The second-order valence-electron chi connectivity index (χ2n) is 5.02. The highest BCUT2D eigenvalue weighted by atomic mass is 19.1. The molecule has 0 unspecified atom stereocenters. The highest BCUT2D eigenvalue weighted by Crippen LogP contribution is 2.31. The number of aromatic nitrogens is 3. The molecule has 5 nitrogen and oxygen atoms in total. The summed E-state index contributed by atoms with van der Waals surface area (Å²) in [4.78, 5) is 19.3. The zero-order chi connectivity index (χ0) is 16.2. The number of carbonyl (C=O) groups is 1. The Bertz CT molecular complexity index is 814. The summed E-state index contributed by atoms with van der Waals surface area (Å²) in [6, 6.07) is 9.73. The van der Waals surface area contributed by atoms with E-state index in [0.29, 0.717) is 12.2 Å². The molecule has 0 radical (unpaired) electrons. The molecule has 0 aliphatic heterocycles. The third kappa shape index (κ3) is 3.26. The van der Waals surface area contributed by atoms with E-state index in [2.05, 4.69) is 9.97 Å². The summed E-state index contributed by atoms with van der Waals surface area (Å²) >= 11 is 0. The van der Waals surface area contributed by atoms with E-state index in [9.17, 15) is 9.18 Å². The van der Waals surface area contributed by atoms with Crippen LogP contribution in [-0.2, 0) is 11.3 Å². The van der Waals surface area contributed by atoms with Crippen molar-refractivity contribution in [2.45, 2.75) is 13.0 Å². The summed E-state index contributed by atoms with van der Waals surface area (Å²) in [5.41, 5.74) is 3.12. The van der Waals surface area contributed by atoms with E-state index in [-0.39, 0.29) is 12.2 Å². The van der Waals surface area contributed by atoms with Gasteiger partial charge in [0.1, 0.15) is 5.82 Å². The van der Waals surface area contributed by atoms with Crippen LogP contribution in [-0.4, -0.2) is 25.6 Å². The maximum atomic E-state index is 13.2. The number of rotatable bonds is 5. The van der Waals surface area contributed by atoms with Crippen molar-refractivity contribution in [1.82, 2.24) is 14.5 Å². The lowest BCUT2D eigenvalue weighted by atomic mass is 10.1. The van der Waals surface area contributed by atoms with Crippen molar-refractivity contribution < 1.29 is 14.3 Å². The number of imidazole rings is 1. The third-order valence-electron chi connectivity index (χ3n) is 3.48. The molecule has 0 bridgehead atoms. The highest BCUT2D eigenvalue weighted by molar-refractivity contribution is 5.78. The Hall–Kier alpha value is -3.02. The van der Waals surface area contributed by atoms with Crippen LogP contribution in [0.2, 0.25) is 0 Å². The molecular formula is C17H14FN3O2. The molecule has 0 saturated carbocycles. The lowest BCUT2D eigenvalue weighted by Gasteiger charge is -2.10. The van der Waals surface area contributed by atoms with E-state index in [0.717, 1.165) is 16.8 Å². The zero-order valence-corrected chi connectivity index (χ0v) is 12.2. The van der Waals surface area contributed by atoms with Crippen molar-refractivity contribution in [3.63, 3.8) is 0 Å². The van der Waals surface area contributed by atoms with Crippen LogP contribution < -0.4 is 0 Å². The normalized spacial score (nSPS) is 10.7. The van der Waals surface area contributed by atoms with Crippen LogP contribution in [0.5, 0.6) is 0 Å². The molecule has 3 aromatic rings. The Morgan fingerprint density at radius 1 is 1.09 bits per heavy atom. The van der Waals surface area contributed by atoms with Crippen molar-refractivity contribution in [2.24, 2.45) is 0 Å². The number of halogens is 1. The average molecular weight is 311 g/mol. The second-order valence-corrected chi connectivity index (χ2v) is 5.02. The van der Waals surface area contributed by atoms with Gasteiger partial charge in [-0.1, -0.05) is 0 Å². The predicted octanol–water partition coefficient (Wildman–Crippen LogP) is 3.23. The van der Waals surface area contributed by atoms with Crippen molar-refractivity contribution in [2.75, 3.05) is 0 Å². The Labute approximate surface area is 132 Å². The average Bonchev–Trinajstić information content (AvgIpc) is 2.98. The monoisotopic (exact) mass is 311 g/mol. The molecule has 0 amide bonds. The predicted molar refractivity (Wildman–Crippen MR) is 83.1 cm³/mol. The van der Waals surface area contributed by atoms with Gasteiger partial charge in [0.05, 0.1) is 24.1 Å². The van der Waals surface area contributed by atoms with E-state index in [4.69, 9.17) is 5.11 Å². The molecule has 1 aromatic carbocycles. The third-order valence-corrected chi connectivity index (χ3v) is 3.48. The minimum absolute atomic E-state index is 0.0136. The first-order chi connectivity index (χ1) is 11.1. The minimum Gasteiger partial charge on any atom is -0.481 e. The van der Waals surface area contributed by atoms with Gasteiger partial charge < -0.3 is 9.67 Å². The standard InChI is InChI=1S/C17H14FN3O2/c18-14-3-1-13(2-4-14)17-16(12-5-8-19-9-6-12)20-11-21(17)10-7-15(22)23/h1-6,8-9,11H,7,10H2,(H,22,23). The number of carboxylic acids is 1. The summed E-state index contributed by atoms with van der Waals surface area (Å²) in [6.45, 7) is 0.292. The maximum Gasteiger partial charge on any atom is 0.305 e. The fourth-order valence-corrected chi connectivity index (χ4v) is 2.40. The van der Waals surface area contributed by atoms with Crippen LogP contribution in [0, 0.1) is 5.82 Å². The van der Waals surface area contributed by atoms with Gasteiger partial charge in [-0.05, 0) is 36.4 Å². The molecule has 2 heterocycles. The maximum absolute atomic E-state index is 13.2. The molecule has 2 aromatic heterocycles. The topological polar surface area (TPSA) is 68.0 Å². The van der Waals surface area contributed by atoms with Gasteiger partial charge in [-0.15, -0.1) is 0 Å². The van der Waals surface area contributed by atoms with Crippen LogP contribution in [0.15, 0.2) is 55.1 Å². The number of nitrogens with zero attached hydrogens (tertiary/aromatic N) is 3. The Kier molecular flexibility index (Phi) is 4.14. The molecule has 0 spiro atoms. The summed E-state index contributed by atoms with van der Waals surface area (Å²) in [7, 11) is 0. The summed E-state index contributed by atoms with van der Waals surface area (Å²) in [6.07, 6.45) is 4.93. The molecule has 6 heteroatoms. The van der Waals surface area contributed by atoms with Gasteiger partial charge in [0.2, 0.25) is 0 Å². The smallest absolute Gasteiger partial charge is 0.305 e. The van der Waals surface area contributed by atoms with Gasteiger partial charge in [0.25, 0.3) is 0 Å². The number of aryl methyl sites for hydroxylation is 1. The number of hydrogen-bond acceptors (Lipinski definition) is 3. The van der Waals surface area contributed by atoms with Crippen molar-refractivity contribution in [1.29, 1.82) is 0 Å². The van der Waals surface area contributed by atoms with Gasteiger partial charge in [-0.25, -0.2) is 9.37 Å². The first-order valence-electron chi connectivity index (χ1n) is 7.08. The Balaban J connectivity index is 2.10. The first kappa shape index (κ1) is 14.9. The molecule has 1 N–H and O–H groups in total. The molecular weight excluding hydrogens is 297 g/mol. The van der Waals surface area contributed by atoms with Crippen LogP contribution >= 0.6 is 0 Å². The Morgan fingerprint density at radius 3 is 2.43 bits per heavy atom. The van der Waals surface area contributed by atoms with Gasteiger partial charge in [0.15, 0.2) is 0 Å². The van der Waals surface area contributed by atoms with E-state index >= 15 is 0 Å². The fourth-order valence-electron chi connectivity index (χ4n) is 2.40. The lowest BCUT2D eigenvalue weighted by Crippen LogP contribution is -2.05. The number of pyridine rings is 1. The number of carboxylic acid groups (broad SMARTS) is 1. The summed E-state index contributed by atoms with van der Waals surface area (Å²) in [5.74, 6) is -1.20. The first-order valence-corrected chi connectivity index (χ1v) is 7.08. The van der Waals surface area contributed by atoms with Gasteiger partial charge in [-0.3, -0.25) is 9.78 Å². The van der Waals surface area contributed by atoms with E-state index in [1.165, 1.54) is 12.1 Å². The van der Waals surface area contributed by atoms with Crippen LogP contribution in [0.3, 0.4) is 0 Å². The van der Waals surface area contributed by atoms with E-state index in [1.807, 2.05) is 12.1 Å². The quantitative estimate of drug-likeness (QED) is 0.785. The zero-order valence-electron chi connectivity index (χ0n) is 12.2. The van der Waals surface area contributed by atoms with E-state index in [1.54, 1.807) is 35.4 Å². The molecule has 0 fully saturated rings. The number of benzene rings is 1. The van der Waals surface area contributed by atoms with E-state index < -0.39 is 5.97 Å². The van der Waals surface area contributed by atoms with Gasteiger partial charge in [0, 0.05) is 30.1 Å². The second kappa shape index (κ2) is 6.39. The molecule has 3 rings (SSSR count).